The highest BCUT2D eigenvalue weighted by molar-refractivity contribution is 7.92. The fraction of sp³-hybridized carbons (Fsp3) is 0.300. The predicted molar refractivity (Wildman–Crippen MR) is 72.7 cm³/mol. The number of sulfonamides is 1. The Labute approximate surface area is 116 Å². The number of likely N-dealkylation sites (N-methyl/N-ethyl adjacent to an activating group) is 1. The van der Waals surface area contributed by atoms with Crippen molar-refractivity contribution >= 4 is 44.8 Å². The number of nitrogens with one attached hydrogen (secondary N) is 1. The third-order valence-electron chi connectivity index (χ3n) is 2.10. The van der Waals surface area contributed by atoms with Crippen molar-refractivity contribution in [3.63, 3.8) is 0 Å². The first kappa shape index (κ1) is 15.1. The molecule has 1 rings (SSSR count). The van der Waals surface area contributed by atoms with Crippen LogP contribution in [0.4, 0.5) is 5.69 Å². The van der Waals surface area contributed by atoms with E-state index in [4.69, 9.17) is 23.2 Å². The summed E-state index contributed by atoms with van der Waals surface area (Å²) in [6, 6.07) is 4.34. The van der Waals surface area contributed by atoms with Crippen LogP contribution in [0.1, 0.15) is 0 Å². The van der Waals surface area contributed by atoms with E-state index in [0.717, 1.165) is 10.6 Å². The minimum Gasteiger partial charge on any atom is -0.358 e. The van der Waals surface area contributed by atoms with Gasteiger partial charge in [0.15, 0.2) is 0 Å². The zero-order valence-electron chi connectivity index (χ0n) is 9.78. The van der Waals surface area contributed by atoms with Crippen molar-refractivity contribution < 1.29 is 13.2 Å². The molecule has 0 fully saturated rings. The monoisotopic (exact) mass is 310 g/mol. The van der Waals surface area contributed by atoms with Crippen LogP contribution in [0.2, 0.25) is 10.0 Å². The van der Waals surface area contributed by atoms with Gasteiger partial charge in [0.1, 0.15) is 6.54 Å². The molecular formula is C10H12Cl2N2O3S. The molecule has 0 aliphatic carbocycles. The quantitative estimate of drug-likeness (QED) is 0.916. The van der Waals surface area contributed by atoms with E-state index in [0.29, 0.717) is 10.0 Å². The number of hydrogen-bond acceptors (Lipinski definition) is 3. The summed E-state index contributed by atoms with van der Waals surface area (Å²) in [6.07, 6.45) is 1.00. The molecule has 0 radical (unpaired) electrons. The highest BCUT2D eigenvalue weighted by Gasteiger charge is 2.20. The van der Waals surface area contributed by atoms with Crippen LogP contribution in [0.5, 0.6) is 0 Å². The molecule has 0 saturated heterocycles. The smallest absolute Gasteiger partial charge is 0.240 e. The van der Waals surface area contributed by atoms with Crippen LogP contribution in [0.3, 0.4) is 0 Å². The van der Waals surface area contributed by atoms with E-state index < -0.39 is 15.9 Å². The molecule has 1 amide bonds. The van der Waals surface area contributed by atoms with Gasteiger partial charge in [-0.3, -0.25) is 9.10 Å². The molecule has 1 aromatic carbocycles. The van der Waals surface area contributed by atoms with Crippen molar-refractivity contribution in [1.82, 2.24) is 5.32 Å². The van der Waals surface area contributed by atoms with Gasteiger partial charge >= 0.3 is 0 Å². The molecule has 0 saturated carbocycles. The van der Waals surface area contributed by atoms with Crippen LogP contribution in [-0.2, 0) is 14.8 Å². The van der Waals surface area contributed by atoms with Crippen molar-refractivity contribution in [3.05, 3.63) is 28.2 Å². The maximum absolute atomic E-state index is 11.7. The number of halogens is 2. The largest absolute Gasteiger partial charge is 0.358 e. The van der Waals surface area contributed by atoms with Gasteiger partial charge in [0.2, 0.25) is 15.9 Å². The number of anilines is 1. The van der Waals surface area contributed by atoms with Gasteiger partial charge in [-0.25, -0.2) is 8.42 Å². The molecule has 0 heterocycles. The molecule has 1 N–H and O–H groups in total. The van der Waals surface area contributed by atoms with E-state index in [1.807, 2.05) is 0 Å². The van der Waals surface area contributed by atoms with E-state index in [9.17, 15) is 13.2 Å². The Bertz CT molecular complexity index is 540. The summed E-state index contributed by atoms with van der Waals surface area (Å²) in [6.45, 7) is -0.327. The Morgan fingerprint density at radius 2 is 1.78 bits per heavy atom. The second-order valence-corrected chi connectivity index (χ2v) is 6.35. The van der Waals surface area contributed by atoms with Gasteiger partial charge in [0.25, 0.3) is 0 Å². The van der Waals surface area contributed by atoms with Crippen LogP contribution < -0.4 is 9.62 Å². The minimum absolute atomic E-state index is 0.249. The number of hydrogen-bond donors (Lipinski definition) is 1. The summed E-state index contributed by atoms with van der Waals surface area (Å²) in [7, 11) is -2.18. The fourth-order valence-electron chi connectivity index (χ4n) is 1.29. The second kappa shape index (κ2) is 5.77. The third kappa shape index (κ3) is 4.04. The molecule has 8 heteroatoms. The van der Waals surface area contributed by atoms with E-state index in [1.165, 1.54) is 25.2 Å². The summed E-state index contributed by atoms with van der Waals surface area (Å²) < 4.78 is 24.3. The highest BCUT2D eigenvalue weighted by atomic mass is 35.5. The van der Waals surface area contributed by atoms with Crippen molar-refractivity contribution in [1.29, 1.82) is 0 Å². The Balaban J connectivity index is 3.22. The normalized spacial score (nSPS) is 11.1. The standard InChI is InChI=1S/C10H12Cl2N2O3S/c1-13-10(15)6-14(18(2,16)17)9-4-7(11)3-8(12)5-9/h3-5H,6H2,1-2H3,(H,13,15). The Hall–Kier alpha value is -0.980. The van der Waals surface area contributed by atoms with Crippen molar-refractivity contribution in [3.8, 4) is 0 Å². The van der Waals surface area contributed by atoms with Crippen LogP contribution in [0.25, 0.3) is 0 Å². The first-order valence-corrected chi connectivity index (χ1v) is 7.49. The molecule has 0 unspecified atom stereocenters. The second-order valence-electron chi connectivity index (χ2n) is 3.57. The van der Waals surface area contributed by atoms with Gasteiger partial charge in [-0.2, -0.15) is 0 Å². The summed E-state index contributed by atoms with van der Waals surface area (Å²) in [4.78, 5) is 11.3. The van der Waals surface area contributed by atoms with E-state index in [1.54, 1.807) is 0 Å². The molecule has 0 atom stereocenters. The number of nitrogens with zero attached hydrogens (tertiary/aromatic N) is 1. The lowest BCUT2D eigenvalue weighted by molar-refractivity contribution is -0.119. The number of carbonyl (C=O) groups excluding carboxylic acids is 1. The highest BCUT2D eigenvalue weighted by Crippen LogP contribution is 2.26. The molecule has 0 spiro atoms. The first-order valence-electron chi connectivity index (χ1n) is 4.88. The van der Waals surface area contributed by atoms with Gasteiger partial charge < -0.3 is 5.32 Å². The zero-order chi connectivity index (χ0) is 13.9. The number of amides is 1. The summed E-state index contributed by atoms with van der Waals surface area (Å²) in [5.41, 5.74) is 0.249. The third-order valence-corrected chi connectivity index (χ3v) is 3.68. The maximum Gasteiger partial charge on any atom is 0.240 e. The number of benzene rings is 1. The van der Waals surface area contributed by atoms with E-state index >= 15 is 0 Å². The maximum atomic E-state index is 11.7. The summed E-state index contributed by atoms with van der Waals surface area (Å²) >= 11 is 11.6. The fourth-order valence-corrected chi connectivity index (χ4v) is 2.65. The van der Waals surface area contributed by atoms with Crippen molar-refractivity contribution in [2.24, 2.45) is 0 Å². The molecule has 0 aliphatic rings. The van der Waals surface area contributed by atoms with Gasteiger partial charge in [-0.05, 0) is 18.2 Å². The molecule has 0 bridgehead atoms. The average molecular weight is 311 g/mol. The molecular weight excluding hydrogens is 299 g/mol. The molecule has 1 aromatic rings. The van der Waals surface area contributed by atoms with Crippen molar-refractivity contribution in [2.45, 2.75) is 0 Å². The minimum atomic E-state index is -3.60. The first-order chi connectivity index (χ1) is 8.24. The van der Waals surface area contributed by atoms with Crippen molar-refractivity contribution in [2.75, 3.05) is 24.2 Å². The van der Waals surface area contributed by atoms with E-state index in [2.05, 4.69) is 5.32 Å². The van der Waals surface area contributed by atoms with Gasteiger partial charge in [-0.1, -0.05) is 23.2 Å². The lowest BCUT2D eigenvalue weighted by Crippen LogP contribution is -2.39. The average Bonchev–Trinajstić information content (AvgIpc) is 2.22. The number of rotatable bonds is 4. The Morgan fingerprint density at radius 3 is 2.17 bits per heavy atom. The van der Waals surface area contributed by atoms with Gasteiger partial charge in [0.05, 0.1) is 11.9 Å². The summed E-state index contributed by atoms with van der Waals surface area (Å²) in [5, 5.41) is 2.94. The summed E-state index contributed by atoms with van der Waals surface area (Å²) in [5.74, 6) is -0.434. The number of carbonyl (C=O) groups is 1. The van der Waals surface area contributed by atoms with Crippen LogP contribution >= 0.6 is 23.2 Å². The zero-order valence-corrected chi connectivity index (χ0v) is 12.1. The van der Waals surface area contributed by atoms with Gasteiger partial charge in [0, 0.05) is 17.1 Å². The lowest BCUT2D eigenvalue weighted by atomic mass is 10.3. The topological polar surface area (TPSA) is 66.5 Å². The molecule has 5 nitrogen and oxygen atoms in total. The Kier molecular flexibility index (Phi) is 4.84. The Morgan fingerprint density at radius 1 is 1.28 bits per heavy atom. The van der Waals surface area contributed by atoms with Gasteiger partial charge in [-0.15, -0.1) is 0 Å². The van der Waals surface area contributed by atoms with Crippen LogP contribution in [-0.4, -0.2) is 34.2 Å². The van der Waals surface area contributed by atoms with Crippen LogP contribution in [0.15, 0.2) is 18.2 Å². The molecule has 0 aromatic heterocycles. The molecule has 0 aliphatic heterocycles. The van der Waals surface area contributed by atoms with E-state index in [-0.39, 0.29) is 12.2 Å². The lowest BCUT2D eigenvalue weighted by Gasteiger charge is -2.21. The van der Waals surface area contributed by atoms with Crippen LogP contribution in [0, 0.1) is 0 Å². The SMILES string of the molecule is CNC(=O)CN(c1cc(Cl)cc(Cl)c1)S(C)(=O)=O. The molecule has 100 valence electrons. The molecule has 18 heavy (non-hydrogen) atoms. The predicted octanol–water partition coefficient (Wildman–Crippen LogP) is 1.51.